The summed E-state index contributed by atoms with van der Waals surface area (Å²) in [6.45, 7) is 4.88. The summed E-state index contributed by atoms with van der Waals surface area (Å²) in [6.07, 6.45) is -0.556. The Morgan fingerprint density at radius 2 is 0.768 bits per heavy atom. The molecule has 0 atom stereocenters. The lowest BCUT2D eigenvalue weighted by atomic mass is 9.13. The maximum atomic E-state index is 16.5. The van der Waals surface area contributed by atoms with Crippen LogP contribution in [0.2, 0.25) is 0 Å². The van der Waals surface area contributed by atoms with E-state index in [1.165, 1.54) is 6.21 Å². The van der Waals surface area contributed by atoms with Crippen molar-refractivity contribution in [1.29, 1.82) is 0 Å². The van der Waals surface area contributed by atoms with Gasteiger partial charge in [0.1, 0.15) is 41.0 Å². The molecule has 0 amide bonds. The van der Waals surface area contributed by atoms with E-state index in [0.717, 1.165) is 0 Å². The molecule has 3 aromatic rings. The molecule has 0 unspecified atom stereocenters. The maximum Gasteiger partial charge on any atom is 0.200 e. The Morgan fingerprint density at radius 1 is 0.464 bits per heavy atom. The zero-order valence-electron chi connectivity index (χ0n) is 30.0. The fourth-order valence-electron chi connectivity index (χ4n) is 8.72. The monoisotopic (exact) mass is 810 g/mol. The molecule has 0 N–H and O–H groups in total. The van der Waals surface area contributed by atoms with Crippen molar-refractivity contribution in [3.05, 3.63) is 109 Å². The summed E-state index contributed by atoms with van der Waals surface area (Å²) >= 11 is 0. The number of rotatable bonds is 7. The molecule has 2 saturated carbocycles. The fraction of sp³-hybridized carbons (Fsp3) is 0.410. The van der Waals surface area contributed by atoms with Gasteiger partial charge in [-0.05, 0) is 63.9 Å². The lowest BCUT2D eigenvalue weighted by Gasteiger charge is -2.43. The van der Waals surface area contributed by atoms with Crippen molar-refractivity contribution in [3.8, 4) is 0 Å². The van der Waals surface area contributed by atoms with Crippen LogP contribution in [0.5, 0.6) is 0 Å². The lowest BCUT2D eigenvalue weighted by molar-refractivity contribution is 0.379. The van der Waals surface area contributed by atoms with Gasteiger partial charge >= 0.3 is 0 Å². The van der Waals surface area contributed by atoms with Crippen LogP contribution in [0.3, 0.4) is 0 Å². The molecule has 0 saturated heterocycles. The topological polar surface area (TPSA) is 12.4 Å². The first-order valence-corrected chi connectivity index (χ1v) is 18.0. The van der Waals surface area contributed by atoms with Crippen LogP contribution in [-0.2, 0) is 0 Å². The van der Waals surface area contributed by atoms with E-state index in [2.05, 4.69) is 4.99 Å². The van der Waals surface area contributed by atoms with Gasteiger partial charge in [-0.25, -0.2) is 65.9 Å². The van der Waals surface area contributed by atoms with Gasteiger partial charge in [-0.3, -0.25) is 4.99 Å². The Balaban J connectivity index is 2.00. The number of halogens is 15. The molecule has 3 aromatic carbocycles. The number of aliphatic imine (C=N–C) groups is 1. The minimum atomic E-state index is -5.83. The second-order valence-electron chi connectivity index (χ2n) is 15.6. The minimum absolute atomic E-state index is 0.0538. The molecule has 0 aliphatic heterocycles. The van der Waals surface area contributed by atoms with Crippen LogP contribution in [0.1, 0.15) is 85.0 Å². The summed E-state index contributed by atoms with van der Waals surface area (Å²) in [4.78, 5) is 4.48. The highest BCUT2D eigenvalue weighted by Gasteiger charge is 2.56. The second-order valence-corrected chi connectivity index (χ2v) is 15.6. The maximum absolute atomic E-state index is 16.5. The van der Waals surface area contributed by atoms with E-state index < -0.39 is 133 Å². The minimum Gasteiger partial charge on any atom is -0.287 e. The molecule has 56 heavy (non-hydrogen) atoms. The summed E-state index contributed by atoms with van der Waals surface area (Å²) < 4.78 is 235. The van der Waals surface area contributed by atoms with Gasteiger partial charge in [0, 0.05) is 6.21 Å². The number of allylic oxidation sites excluding steroid dienone is 4. The van der Waals surface area contributed by atoms with Gasteiger partial charge in [0.2, 0.25) is 0 Å². The average Bonchev–Trinajstić information content (AvgIpc) is 3.92. The van der Waals surface area contributed by atoms with Gasteiger partial charge in [0.15, 0.2) is 52.4 Å². The summed E-state index contributed by atoms with van der Waals surface area (Å²) in [5.41, 5.74) is -10.3. The van der Waals surface area contributed by atoms with E-state index in [9.17, 15) is 13.2 Å². The molecule has 0 spiro atoms. The predicted molar refractivity (Wildman–Crippen MR) is 179 cm³/mol. The van der Waals surface area contributed by atoms with E-state index in [4.69, 9.17) is 0 Å². The van der Waals surface area contributed by atoms with Crippen molar-refractivity contribution in [2.75, 3.05) is 0 Å². The second kappa shape index (κ2) is 15.0. The van der Waals surface area contributed by atoms with Gasteiger partial charge in [-0.2, -0.15) is 5.47 Å². The van der Waals surface area contributed by atoms with Gasteiger partial charge in [0.25, 0.3) is 0 Å². The van der Waals surface area contributed by atoms with Crippen LogP contribution in [0.15, 0.2) is 27.2 Å². The Kier molecular flexibility index (Phi) is 11.1. The third-order valence-electron chi connectivity index (χ3n) is 11.2. The van der Waals surface area contributed by atoms with Crippen molar-refractivity contribution in [1.82, 2.24) is 0 Å². The van der Waals surface area contributed by atoms with Crippen molar-refractivity contribution in [2.24, 2.45) is 16.8 Å². The molecular weight excluding hydrogens is 778 g/mol. The molecule has 3 aliphatic rings. The van der Waals surface area contributed by atoms with Crippen LogP contribution in [0.4, 0.5) is 65.9 Å². The standard InChI is InChI=1S/C39H32BF15N/c1-39(2,3)56-14-17(15-10-6-4-7-11-15)19-18(16-12-8-5-9-13-16)20(19)40(21-24(41)30(47)36(53)31(48)25(21)42,22-26(43)32(49)37(54)33(50)27(22)44)23-28(45)34(51)38(55)35(52)29(23)46/h14-16H,4-13H2,1-3H3/q-1. The first kappa shape index (κ1) is 41.5. The summed E-state index contributed by atoms with van der Waals surface area (Å²) in [7, 11) is 0. The van der Waals surface area contributed by atoms with Gasteiger partial charge in [-0.15, -0.1) is 16.4 Å². The fourth-order valence-corrected chi connectivity index (χ4v) is 8.72. The van der Waals surface area contributed by atoms with Crippen molar-refractivity contribution >= 4 is 28.7 Å². The predicted octanol–water partition coefficient (Wildman–Crippen LogP) is 10.4. The summed E-state index contributed by atoms with van der Waals surface area (Å²) in [6, 6.07) is 0. The zero-order valence-corrected chi connectivity index (χ0v) is 30.0. The highest BCUT2D eigenvalue weighted by atomic mass is 19.2. The molecule has 3 aliphatic carbocycles. The van der Waals surface area contributed by atoms with Gasteiger partial charge < -0.3 is 0 Å². The number of hydrogen-bond acceptors (Lipinski definition) is 1. The molecule has 302 valence electrons. The van der Waals surface area contributed by atoms with Gasteiger partial charge in [-0.1, -0.05) is 49.7 Å². The van der Waals surface area contributed by atoms with E-state index in [1.807, 2.05) is 0 Å². The zero-order chi connectivity index (χ0) is 41.3. The Bertz CT molecular complexity index is 1970. The van der Waals surface area contributed by atoms with Crippen molar-refractivity contribution in [2.45, 2.75) is 90.5 Å². The highest BCUT2D eigenvalue weighted by molar-refractivity contribution is 7.18. The molecule has 6 rings (SSSR count). The third-order valence-corrected chi connectivity index (χ3v) is 11.2. The molecule has 0 aromatic heterocycles. The largest absolute Gasteiger partial charge is 0.287 e. The number of nitrogens with zero attached hydrogens (tertiary/aromatic N) is 1. The molecule has 0 bridgehead atoms. The number of benzene rings is 3. The SMILES string of the molecule is CC(C)(C)N=CC(=C1C(C2CCCCC2)=C1[B-](c1c(F)c(F)c(F)c(F)c1F)(c1c(F)c(F)c(F)c(F)c1F)c1c(F)c(F)c(F)c(F)c1F)C1CCCCC1. The van der Waals surface area contributed by atoms with E-state index in [1.54, 1.807) is 20.8 Å². The molecule has 1 nitrogen and oxygen atoms in total. The van der Waals surface area contributed by atoms with Gasteiger partial charge in [0.05, 0.1) is 5.54 Å². The van der Waals surface area contributed by atoms with Crippen LogP contribution >= 0.6 is 0 Å². The normalized spacial score (nSPS) is 18.5. The quantitative estimate of drug-likeness (QED) is 0.0741. The van der Waals surface area contributed by atoms with E-state index in [0.29, 0.717) is 51.4 Å². The lowest BCUT2D eigenvalue weighted by Crippen LogP contribution is -2.73. The van der Waals surface area contributed by atoms with Crippen molar-refractivity contribution in [3.63, 3.8) is 0 Å². The smallest absolute Gasteiger partial charge is 0.200 e. The average molecular weight is 810 g/mol. The molecule has 2 fully saturated rings. The highest BCUT2D eigenvalue weighted by Crippen LogP contribution is 2.56. The molecule has 0 heterocycles. The van der Waals surface area contributed by atoms with Crippen molar-refractivity contribution < 1.29 is 65.9 Å². The van der Waals surface area contributed by atoms with E-state index >= 15 is 52.7 Å². The van der Waals surface area contributed by atoms with E-state index in [-0.39, 0.29) is 29.6 Å². The first-order valence-electron chi connectivity index (χ1n) is 18.0. The van der Waals surface area contributed by atoms with Crippen LogP contribution < -0.4 is 16.4 Å². The Labute approximate surface area is 311 Å². The third kappa shape index (κ3) is 6.44. The molecule has 0 radical (unpaired) electrons. The Morgan fingerprint density at radius 3 is 1.09 bits per heavy atom. The Hall–Kier alpha value is -4.18. The molecular formula is C39H32BF15N-. The first-order chi connectivity index (χ1) is 26.2. The van der Waals surface area contributed by atoms with Crippen LogP contribution in [-0.4, -0.2) is 17.9 Å². The summed E-state index contributed by atoms with van der Waals surface area (Å²) in [5, 5.41) is 0. The van der Waals surface area contributed by atoms with Crippen LogP contribution in [0, 0.1) is 99.1 Å². The molecule has 17 heteroatoms. The number of hydrogen-bond donors (Lipinski definition) is 0. The van der Waals surface area contributed by atoms with Crippen LogP contribution in [0.25, 0.3) is 0 Å². The summed E-state index contributed by atoms with van der Waals surface area (Å²) in [5.74, 6) is -46.3.